The molecule has 0 aliphatic heterocycles. The molecule has 0 heterocycles. The van der Waals surface area contributed by atoms with Crippen LogP contribution in [0.4, 0.5) is 0 Å². The fraction of sp³-hybridized carbons (Fsp3) is 0.545. The lowest BCUT2D eigenvalue weighted by Gasteiger charge is -2.26. The number of aromatic hydroxyl groups is 1. The van der Waals surface area contributed by atoms with Gasteiger partial charge in [0.25, 0.3) is 0 Å². The van der Waals surface area contributed by atoms with Gasteiger partial charge in [0.1, 0.15) is 23.9 Å². The lowest BCUT2D eigenvalue weighted by molar-refractivity contribution is -0.143. The van der Waals surface area contributed by atoms with Gasteiger partial charge in [0.15, 0.2) is 0 Å². The number of aliphatic carboxylic acids is 1. The number of phenols is 1. The molecule has 1 aromatic rings. The van der Waals surface area contributed by atoms with Gasteiger partial charge in [0, 0.05) is 6.42 Å². The van der Waals surface area contributed by atoms with Crippen LogP contribution in [0.25, 0.3) is 0 Å². The Morgan fingerprint density at radius 3 is 1.94 bits per heavy atom. The third kappa shape index (κ3) is 8.93. The van der Waals surface area contributed by atoms with Crippen LogP contribution in [0, 0.1) is 11.8 Å². The highest BCUT2D eigenvalue weighted by molar-refractivity contribution is 5.93. The number of phenolic OH excluding ortho intramolecular Hbond substituents is 1. The predicted molar refractivity (Wildman–Crippen MR) is 119 cm³/mol. The quantitative estimate of drug-likeness (QED) is 0.263. The van der Waals surface area contributed by atoms with Crippen molar-refractivity contribution in [2.75, 3.05) is 6.54 Å². The van der Waals surface area contributed by atoms with Crippen molar-refractivity contribution >= 4 is 23.7 Å². The smallest absolute Gasteiger partial charge is 0.326 e. The van der Waals surface area contributed by atoms with Crippen LogP contribution in [-0.4, -0.2) is 58.6 Å². The van der Waals surface area contributed by atoms with Gasteiger partial charge in [-0.2, -0.15) is 0 Å². The van der Waals surface area contributed by atoms with Gasteiger partial charge in [-0.15, -0.1) is 0 Å². The number of carboxylic acids is 1. The van der Waals surface area contributed by atoms with Crippen LogP contribution in [0.15, 0.2) is 24.3 Å². The second-order valence-corrected chi connectivity index (χ2v) is 8.45. The fourth-order valence-corrected chi connectivity index (χ4v) is 3.07. The largest absolute Gasteiger partial charge is 0.508 e. The minimum atomic E-state index is -1.18. The standard InChI is InChI=1S/C22H34N4O6/c1-12(2)9-16(24-18(28)11-23)20(29)25-17(10-14-5-7-15(27)8-6-14)21(30)26-19(13(3)4)22(31)32/h5-8,12-13,16-17,19,27H,9-11,23H2,1-4H3,(H,24,28)(H,25,29)(H,26,30)(H,31,32). The Hall–Kier alpha value is -3.14. The summed E-state index contributed by atoms with van der Waals surface area (Å²) in [4.78, 5) is 49.2. The Morgan fingerprint density at radius 2 is 1.47 bits per heavy atom. The molecule has 0 aromatic heterocycles. The van der Waals surface area contributed by atoms with Crippen molar-refractivity contribution in [3.63, 3.8) is 0 Å². The molecule has 3 unspecified atom stereocenters. The molecule has 10 heteroatoms. The zero-order valence-electron chi connectivity index (χ0n) is 18.9. The summed E-state index contributed by atoms with van der Waals surface area (Å²) in [5.41, 5.74) is 5.99. The molecule has 1 aromatic carbocycles. The van der Waals surface area contributed by atoms with E-state index in [1.807, 2.05) is 13.8 Å². The summed E-state index contributed by atoms with van der Waals surface area (Å²) in [7, 11) is 0. The molecular formula is C22H34N4O6. The maximum absolute atomic E-state index is 12.9. The molecule has 0 saturated carbocycles. The molecule has 1 rings (SSSR count). The van der Waals surface area contributed by atoms with E-state index in [1.54, 1.807) is 26.0 Å². The third-order valence-corrected chi connectivity index (χ3v) is 4.78. The third-order valence-electron chi connectivity index (χ3n) is 4.78. The first-order valence-electron chi connectivity index (χ1n) is 10.5. The summed E-state index contributed by atoms with van der Waals surface area (Å²) in [6.07, 6.45) is 0.385. The van der Waals surface area contributed by atoms with E-state index in [-0.39, 0.29) is 30.6 Å². The monoisotopic (exact) mass is 450 g/mol. The van der Waals surface area contributed by atoms with Gasteiger partial charge in [-0.1, -0.05) is 39.8 Å². The lowest BCUT2D eigenvalue weighted by Crippen LogP contribution is -2.57. The minimum absolute atomic E-state index is 0.0473. The van der Waals surface area contributed by atoms with E-state index >= 15 is 0 Å². The SMILES string of the molecule is CC(C)CC(NC(=O)CN)C(=O)NC(Cc1ccc(O)cc1)C(=O)NC(C(=O)O)C(C)C. The van der Waals surface area contributed by atoms with Gasteiger partial charge in [-0.25, -0.2) is 4.79 Å². The molecule has 0 spiro atoms. The van der Waals surface area contributed by atoms with Crippen molar-refractivity contribution in [3.8, 4) is 5.75 Å². The minimum Gasteiger partial charge on any atom is -0.508 e. The van der Waals surface area contributed by atoms with E-state index in [1.165, 1.54) is 12.1 Å². The molecule has 0 aliphatic carbocycles. The summed E-state index contributed by atoms with van der Waals surface area (Å²) in [5, 5.41) is 26.6. The van der Waals surface area contributed by atoms with Crippen molar-refractivity contribution < 1.29 is 29.4 Å². The van der Waals surface area contributed by atoms with E-state index in [0.29, 0.717) is 12.0 Å². The van der Waals surface area contributed by atoms with Crippen LogP contribution >= 0.6 is 0 Å². The second kappa shape index (κ2) is 12.7. The first-order chi connectivity index (χ1) is 14.9. The molecule has 0 fully saturated rings. The van der Waals surface area contributed by atoms with Gasteiger partial charge in [-0.05, 0) is 36.0 Å². The maximum atomic E-state index is 12.9. The number of amides is 3. The second-order valence-electron chi connectivity index (χ2n) is 8.45. The van der Waals surface area contributed by atoms with E-state index < -0.39 is 41.8 Å². The number of benzene rings is 1. The zero-order valence-corrected chi connectivity index (χ0v) is 18.9. The van der Waals surface area contributed by atoms with E-state index in [2.05, 4.69) is 16.0 Å². The molecule has 0 radical (unpaired) electrons. The van der Waals surface area contributed by atoms with Crippen molar-refractivity contribution in [2.45, 2.75) is 58.7 Å². The first kappa shape index (κ1) is 26.9. The Labute approximate surface area is 187 Å². The number of nitrogens with one attached hydrogen (secondary N) is 3. The van der Waals surface area contributed by atoms with Gasteiger partial charge in [0.05, 0.1) is 6.54 Å². The van der Waals surface area contributed by atoms with E-state index in [4.69, 9.17) is 5.73 Å². The van der Waals surface area contributed by atoms with E-state index in [0.717, 1.165) is 0 Å². The van der Waals surface area contributed by atoms with E-state index in [9.17, 15) is 29.4 Å². The maximum Gasteiger partial charge on any atom is 0.326 e. The highest BCUT2D eigenvalue weighted by atomic mass is 16.4. The average Bonchev–Trinajstić information content (AvgIpc) is 2.71. The fourth-order valence-electron chi connectivity index (χ4n) is 3.07. The molecular weight excluding hydrogens is 416 g/mol. The van der Waals surface area contributed by atoms with Crippen LogP contribution in [0.3, 0.4) is 0 Å². The number of hydrogen-bond acceptors (Lipinski definition) is 6. The van der Waals surface area contributed by atoms with Crippen molar-refractivity contribution in [2.24, 2.45) is 17.6 Å². The molecule has 0 aliphatic rings. The van der Waals surface area contributed by atoms with Gasteiger partial charge < -0.3 is 31.9 Å². The summed E-state index contributed by atoms with van der Waals surface area (Å²) in [5.74, 6) is -3.18. The molecule has 0 saturated heterocycles. The van der Waals surface area contributed by atoms with Crippen LogP contribution in [0.2, 0.25) is 0 Å². The zero-order chi connectivity index (χ0) is 24.4. The highest BCUT2D eigenvalue weighted by Crippen LogP contribution is 2.13. The number of nitrogens with two attached hydrogens (primary N) is 1. The molecule has 7 N–H and O–H groups in total. The molecule has 10 nitrogen and oxygen atoms in total. The lowest BCUT2D eigenvalue weighted by atomic mass is 10.00. The molecule has 178 valence electrons. The van der Waals surface area contributed by atoms with Crippen LogP contribution in [0.5, 0.6) is 5.75 Å². The Morgan fingerprint density at radius 1 is 0.906 bits per heavy atom. The highest BCUT2D eigenvalue weighted by Gasteiger charge is 2.31. The van der Waals surface area contributed by atoms with Gasteiger partial charge >= 0.3 is 5.97 Å². The number of carboxylic acid groups (broad SMARTS) is 1. The van der Waals surface area contributed by atoms with Crippen molar-refractivity contribution in [3.05, 3.63) is 29.8 Å². The molecule has 3 atom stereocenters. The van der Waals surface area contributed by atoms with Crippen molar-refractivity contribution in [1.29, 1.82) is 0 Å². The summed E-state index contributed by atoms with van der Waals surface area (Å²) in [6, 6.07) is 2.96. The average molecular weight is 451 g/mol. The van der Waals surface area contributed by atoms with Crippen LogP contribution in [-0.2, 0) is 25.6 Å². The van der Waals surface area contributed by atoms with Gasteiger partial charge in [0.2, 0.25) is 17.7 Å². The Kier molecular flexibility index (Phi) is 10.6. The normalized spacial score (nSPS) is 13.8. The summed E-state index contributed by atoms with van der Waals surface area (Å²) >= 11 is 0. The van der Waals surface area contributed by atoms with Gasteiger partial charge in [-0.3, -0.25) is 14.4 Å². The number of carbonyl (C=O) groups excluding carboxylic acids is 3. The summed E-state index contributed by atoms with van der Waals surface area (Å²) < 4.78 is 0. The topological polar surface area (TPSA) is 171 Å². The summed E-state index contributed by atoms with van der Waals surface area (Å²) in [6.45, 7) is 6.81. The predicted octanol–water partition coefficient (Wildman–Crippen LogP) is 0.135. The number of hydrogen-bond donors (Lipinski definition) is 6. The molecule has 32 heavy (non-hydrogen) atoms. The van der Waals surface area contributed by atoms with Crippen molar-refractivity contribution in [1.82, 2.24) is 16.0 Å². The number of rotatable bonds is 12. The Bertz CT molecular complexity index is 794. The Balaban J connectivity index is 3.12. The number of carbonyl (C=O) groups is 4. The molecule has 3 amide bonds. The molecule has 0 bridgehead atoms. The van der Waals surface area contributed by atoms with Crippen LogP contribution < -0.4 is 21.7 Å². The first-order valence-corrected chi connectivity index (χ1v) is 10.5. The van der Waals surface area contributed by atoms with Crippen LogP contribution in [0.1, 0.15) is 39.7 Å².